The number of hydrogen-bond donors (Lipinski definition) is 0. The van der Waals surface area contributed by atoms with E-state index in [-0.39, 0.29) is 12.1 Å². The van der Waals surface area contributed by atoms with Gasteiger partial charge in [0.25, 0.3) is 0 Å². The van der Waals surface area contributed by atoms with Gasteiger partial charge in [-0.1, -0.05) is 6.07 Å². The molecule has 0 saturated carbocycles. The molecule has 0 amide bonds. The van der Waals surface area contributed by atoms with Gasteiger partial charge in [0.05, 0.1) is 6.04 Å². The van der Waals surface area contributed by atoms with Crippen LogP contribution in [0.1, 0.15) is 43.3 Å². The van der Waals surface area contributed by atoms with Crippen LogP contribution in [0.5, 0.6) is 0 Å². The van der Waals surface area contributed by atoms with E-state index in [2.05, 4.69) is 20.0 Å². The van der Waals surface area contributed by atoms with Gasteiger partial charge in [-0.3, -0.25) is 9.80 Å². The minimum absolute atomic E-state index is 0.0613. The van der Waals surface area contributed by atoms with E-state index >= 15 is 0 Å². The number of nitrogens with zero attached hydrogens (tertiary/aromatic N) is 4. The summed E-state index contributed by atoms with van der Waals surface area (Å²) in [5.41, 5.74) is 0.533. The Labute approximate surface area is 140 Å². The highest BCUT2D eigenvalue weighted by Gasteiger charge is 2.28. The fraction of sp³-hybridized carbons (Fsp3) is 0.529. The number of hydrogen-bond acceptors (Lipinski definition) is 5. The van der Waals surface area contributed by atoms with Crippen LogP contribution in [0.25, 0.3) is 0 Å². The molecule has 2 atom stereocenters. The third kappa shape index (κ3) is 3.47. The van der Waals surface area contributed by atoms with Crippen molar-refractivity contribution < 1.29 is 13.2 Å². The quantitative estimate of drug-likeness (QED) is 0.858. The number of aromatic nitrogens is 2. The summed E-state index contributed by atoms with van der Waals surface area (Å²) in [7, 11) is 0. The average molecular weight is 336 g/mol. The molecule has 0 N–H and O–H groups in total. The van der Waals surface area contributed by atoms with Gasteiger partial charge in [-0.15, -0.1) is 10.2 Å². The van der Waals surface area contributed by atoms with Crippen molar-refractivity contribution >= 4 is 0 Å². The van der Waals surface area contributed by atoms with Crippen molar-refractivity contribution in [3.63, 3.8) is 0 Å². The largest absolute Gasteiger partial charge is 0.424 e. The monoisotopic (exact) mass is 336 g/mol. The molecule has 2 heterocycles. The minimum Gasteiger partial charge on any atom is -0.424 e. The minimum atomic E-state index is -0.544. The molecule has 1 saturated heterocycles. The van der Waals surface area contributed by atoms with Crippen LogP contribution < -0.4 is 0 Å². The molecule has 0 radical (unpaired) electrons. The molecule has 1 aliphatic heterocycles. The summed E-state index contributed by atoms with van der Waals surface area (Å²) in [6.45, 7) is 9.04. The number of halogens is 2. The number of piperazine rings is 1. The highest BCUT2D eigenvalue weighted by Crippen LogP contribution is 2.27. The predicted molar refractivity (Wildman–Crippen MR) is 85.4 cm³/mol. The van der Waals surface area contributed by atoms with E-state index in [0.29, 0.717) is 17.3 Å². The number of rotatable bonds is 4. The Kier molecular flexibility index (Phi) is 4.91. The summed E-state index contributed by atoms with van der Waals surface area (Å²) in [5, 5.41) is 7.96. The Morgan fingerprint density at radius 2 is 1.62 bits per heavy atom. The normalized spacial score (nSPS) is 19.4. The first-order valence-corrected chi connectivity index (χ1v) is 8.18. The molecular weight excluding hydrogens is 314 g/mol. The molecule has 24 heavy (non-hydrogen) atoms. The smallest absolute Gasteiger partial charge is 0.233 e. The first-order chi connectivity index (χ1) is 11.5. The molecule has 1 aliphatic rings. The lowest BCUT2D eigenvalue weighted by Crippen LogP contribution is -2.47. The van der Waals surface area contributed by atoms with Crippen molar-refractivity contribution in [2.45, 2.75) is 32.9 Å². The van der Waals surface area contributed by atoms with E-state index in [4.69, 9.17) is 4.42 Å². The van der Waals surface area contributed by atoms with Crippen LogP contribution in [0, 0.1) is 18.6 Å². The Hall–Kier alpha value is -1.86. The van der Waals surface area contributed by atoms with Crippen molar-refractivity contribution in [2.75, 3.05) is 26.2 Å². The van der Waals surface area contributed by atoms with Crippen LogP contribution in [0.2, 0.25) is 0 Å². The lowest BCUT2D eigenvalue weighted by Gasteiger charge is -2.39. The van der Waals surface area contributed by atoms with E-state index in [1.807, 2.05) is 13.8 Å². The molecule has 130 valence electrons. The maximum absolute atomic E-state index is 14.0. The number of benzene rings is 1. The first kappa shape index (κ1) is 17.0. The summed E-state index contributed by atoms with van der Waals surface area (Å²) in [4.78, 5) is 4.48. The van der Waals surface area contributed by atoms with Gasteiger partial charge in [0.1, 0.15) is 11.6 Å². The second-order valence-electron chi connectivity index (χ2n) is 6.25. The van der Waals surface area contributed by atoms with Gasteiger partial charge >= 0.3 is 0 Å². The Morgan fingerprint density at radius 1 is 1.00 bits per heavy atom. The molecule has 0 aliphatic carbocycles. The molecule has 0 spiro atoms. The second-order valence-corrected chi connectivity index (χ2v) is 6.25. The van der Waals surface area contributed by atoms with Crippen LogP contribution in [0.15, 0.2) is 22.6 Å². The van der Waals surface area contributed by atoms with Crippen LogP contribution in [-0.4, -0.2) is 46.2 Å². The van der Waals surface area contributed by atoms with Gasteiger partial charge in [0.2, 0.25) is 11.8 Å². The maximum Gasteiger partial charge on any atom is 0.233 e. The summed E-state index contributed by atoms with van der Waals surface area (Å²) in [6.07, 6.45) is 0. The Bertz CT molecular complexity index is 698. The summed E-state index contributed by atoms with van der Waals surface area (Å²) in [6, 6.07) is 3.76. The van der Waals surface area contributed by atoms with E-state index in [9.17, 15) is 8.78 Å². The third-order valence-electron chi connectivity index (χ3n) is 4.76. The molecule has 1 fully saturated rings. The van der Waals surface area contributed by atoms with Gasteiger partial charge in [-0.25, -0.2) is 8.78 Å². The van der Waals surface area contributed by atoms with Crippen LogP contribution >= 0.6 is 0 Å². The Morgan fingerprint density at radius 3 is 2.17 bits per heavy atom. The SMILES string of the molecule is Cc1nnc([C@@H](C)N2CCN([C@H](C)c3ccc(F)cc3F)CC2)o1. The highest BCUT2D eigenvalue weighted by molar-refractivity contribution is 5.22. The van der Waals surface area contributed by atoms with Crippen LogP contribution in [-0.2, 0) is 0 Å². The van der Waals surface area contributed by atoms with Gasteiger partial charge in [-0.05, 0) is 19.9 Å². The second kappa shape index (κ2) is 6.94. The van der Waals surface area contributed by atoms with Crippen molar-refractivity contribution in [3.8, 4) is 0 Å². The van der Waals surface area contributed by atoms with E-state index in [1.165, 1.54) is 12.1 Å². The van der Waals surface area contributed by atoms with Gasteiger partial charge in [0.15, 0.2) is 0 Å². The molecule has 2 aromatic rings. The zero-order chi connectivity index (χ0) is 17.3. The van der Waals surface area contributed by atoms with Crippen molar-refractivity contribution in [2.24, 2.45) is 0 Å². The molecule has 1 aromatic carbocycles. The van der Waals surface area contributed by atoms with Crippen molar-refractivity contribution in [3.05, 3.63) is 47.2 Å². The van der Waals surface area contributed by atoms with E-state index in [1.54, 1.807) is 6.92 Å². The van der Waals surface area contributed by atoms with Crippen molar-refractivity contribution in [1.29, 1.82) is 0 Å². The zero-order valence-electron chi connectivity index (χ0n) is 14.2. The van der Waals surface area contributed by atoms with E-state index < -0.39 is 11.6 Å². The number of aryl methyl sites for hydroxylation is 1. The fourth-order valence-electron chi connectivity index (χ4n) is 3.19. The lowest BCUT2D eigenvalue weighted by atomic mass is 10.0. The summed E-state index contributed by atoms with van der Waals surface area (Å²) in [5.74, 6) is 0.158. The predicted octanol–water partition coefficient (Wildman–Crippen LogP) is 3.10. The summed E-state index contributed by atoms with van der Waals surface area (Å²) < 4.78 is 32.6. The molecular formula is C17H22F2N4O. The zero-order valence-corrected chi connectivity index (χ0v) is 14.2. The molecule has 5 nitrogen and oxygen atoms in total. The molecule has 1 aromatic heterocycles. The van der Waals surface area contributed by atoms with Gasteiger partial charge < -0.3 is 4.42 Å². The highest BCUT2D eigenvalue weighted by atomic mass is 19.1. The first-order valence-electron chi connectivity index (χ1n) is 8.18. The van der Waals surface area contributed by atoms with Gasteiger partial charge in [-0.2, -0.15) is 0 Å². The van der Waals surface area contributed by atoms with Gasteiger partial charge in [0, 0.05) is 50.8 Å². The standard InChI is InChI=1S/C17H22F2N4O/c1-11(15-5-4-14(18)10-16(15)19)22-6-8-23(9-7-22)12(2)17-21-20-13(3)24-17/h4-5,10-12H,6-9H2,1-3H3/t11-,12-/m1/s1. The molecule has 0 unspecified atom stereocenters. The average Bonchev–Trinajstić information content (AvgIpc) is 3.00. The molecule has 3 rings (SSSR count). The van der Waals surface area contributed by atoms with E-state index in [0.717, 1.165) is 32.2 Å². The van der Waals surface area contributed by atoms with Crippen LogP contribution in [0.4, 0.5) is 8.78 Å². The van der Waals surface area contributed by atoms with Crippen molar-refractivity contribution in [1.82, 2.24) is 20.0 Å². The lowest BCUT2D eigenvalue weighted by molar-refractivity contribution is 0.0687. The molecule has 7 heteroatoms. The topological polar surface area (TPSA) is 45.4 Å². The third-order valence-corrected chi connectivity index (χ3v) is 4.76. The maximum atomic E-state index is 14.0. The Balaban J connectivity index is 1.62. The fourth-order valence-corrected chi connectivity index (χ4v) is 3.19. The summed E-state index contributed by atoms with van der Waals surface area (Å²) >= 11 is 0. The van der Waals surface area contributed by atoms with Crippen LogP contribution in [0.3, 0.4) is 0 Å². The molecule has 0 bridgehead atoms.